The number of rotatable bonds is 2. The largest absolute Gasteiger partial charge is 0.338 e. The van der Waals surface area contributed by atoms with Crippen molar-refractivity contribution in [1.82, 2.24) is 9.78 Å². The molecule has 1 aliphatic heterocycles. The Balaban J connectivity index is 1.77. The van der Waals surface area contributed by atoms with E-state index in [-0.39, 0.29) is 0 Å². The molecule has 0 radical (unpaired) electrons. The van der Waals surface area contributed by atoms with Gasteiger partial charge in [-0.1, -0.05) is 60.7 Å². The maximum atomic E-state index is 4.91. The van der Waals surface area contributed by atoms with Gasteiger partial charge in [-0.05, 0) is 24.3 Å². The third-order valence-electron chi connectivity index (χ3n) is 4.46. The zero-order chi connectivity index (χ0) is 17.3. The Morgan fingerprint density at radius 1 is 0.731 bits per heavy atom. The summed E-state index contributed by atoms with van der Waals surface area (Å²) in [4.78, 5) is 4.68. The van der Waals surface area contributed by atoms with Gasteiger partial charge in [0, 0.05) is 11.8 Å². The second-order valence-corrected chi connectivity index (χ2v) is 6.12. The van der Waals surface area contributed by atoms with Crippen LogP contribution in [-0.2, 0) is 0 Å². The summed E-state index contributed by atoms with van der Waals surface area (Å²) in [5, 5.41) is 8.45. The van der Waals surface area contributed by atoms with Crippen LogP contribution in [0.2, 0.25) is 0 Å². The summed E-state index contributed by atoms with van der Waals surface area (Å²) >= 11 is 0. The summed E-state index contributed by atoms with van der Waals surface area (Å²) in [6, 6.07) is 28.4. The molecule has 4 aromatic rings. The first kappa shape index (κ1) is 14.7. The van der Waals surface area contributed by atoms with Crippen LogP contribution in [0.5, 0.6) is 0 Å². The van der Waals surface area contributed by atoms with Crippen molar-refractivity contribution in [3.8, 4) is 16.9 Å². The fraction of sp³-hybridized carbons (Fsp3) is 0. The number of benzene rings is 3. The normalized spacial score (nSPS) is 12.0. The highest BCUT2D eigenvalue weighted by Gasteiger charge is 2.21. The van der Waals surface area contributed by atoms with Gasteiger partial charge in [-0.15, -0.1) is 0 Å². The van der Waals surface area contributed by atoms with E-state index in [0.29, 0.717) is 0 Å². The van der Waals surface area contributed by atoms with Gasteiger partial charge in [0.05, 0.1) is 22.6 Å². The highest BCUT2D eigenvalue weighted by atomic mass is 15.3. The molecular weight excluding hydrogens is 320 g/mol. The first-order valence-corrected chi connectivity index (χ1v) is 8.54. The quantitative estimate of drug-likeness (QED) is 0.472. The van der Waals surface area contributed by atoms with Crippen LogP contribution in [0.1, 0.15) is 5.56 Å². The van der Waals surface area contributed by atoms with Gasteiger partial charge in [-0.3, -0.25) is 4.99 Å². The predicted octanol–water partition coefficient (Wildman–Crippen LogP) is 5.35. The van der Waals surface area contributed by atoms with Crippen LogP contribution in [0, 0.1) is 0 Å². The highest BCUT2D eigenvalue weighted by Crippen LogP contribution is 2.37. The number of nitrogens with zero attached hydrogens (tertiary/aromatic N) is 3. The summed E-state index contributed by atoms with van der Waals surface area (Å²) in [6.07, 6.45) is 1.91. The zero-order valence-corrected chi connectivity index (χ0v) is 14.0. The first-order chi connectivity index (χ1) is 12.9. The van der Waals surface area contributed by atoms with Crippen LogP contribution >= 0.6 is 0 Å². The first-order valence-electron chi connectivity index (χ1n) is 8.54. The van der Waals surface area contributed by atoms with Crippen LogP contribution in [0.25, 0.3) is 16.9 Å². The molecule has 0 amide bonds. The zero-order valence-electron chi connectivity index (χ0n) is 14.0. The molecule has 1 N–H and O–H groups in total. The molecule has 4 heteroatoms. The Morgan fingerprint density at radius 2 is 1.42 bits per heavy atom. The van der Waals surface area contributed by atoms with E-state index in [1.54, 1.807) is 0 Å². The number of aliphatic imine (C=N–C) groups is 1. The molecule has 0 bridgehead atoms. The number of anilines is 2. The van der Waals surface area contributed by atoms with Crippen molar-refractivity contribution in [2.75, 3.05) is 5.32 Å². The third-order valence-corrected chi connectivity index (χ3v) is 4.46. The second-order valence-electron chi connectivity index (χ2n) is 6.12. The van der Waals surface area contributed by atoms with E-state index < -0.39 is 0 Å². The molecule has 3 aromatic carbocycles. The van der Waals surface area contributed by atoms with Gasteiger partial charge in [0.15, 0.2) is 0 Å². The lowest BCUT2D eigenvalue weighted by Gasteiger charge is -2.10. The Bertz CT molecular complexity index is 1100. The summed E-state index contributed by atoms with van der Waals surface area (Å²) in [7, 11) is 0. The minimum atomic E-state index is 0.911. The molecule has 4 nitrogen and oxygen atoms in total. The van der Waals surface area contributed by atoms with E-state index in [1.165, 1.54) is 0 Å². The number of para-hydroxylation sites is 3. The van der Waals surface area contributed by atoms with Gasteiger partial charge < -0.3 is 5.32 Å². The van der Waals surface area contributed by atoms with Gasteiger partial charge in [0.2, 0.25) is 0 Å². The molecule has 0 unspecified atom stereocenters. The van der Waals surface area contributed by atoms with Gasteiger partial charge in [-0.2, -0.15) is 5.10 Å². The van der Waals surface area contributed by atoms with Crippen LogP contribution in [0.4, 0.5) is 17.2 Å². The van der Waals surface area contributed by atoms with Crippen molar-refractivity contribution in [2.24, 2.45) is 4.99 Å². The molecule has 0 saturated carbocycles. The monoisotopic (exact) mass is 336 g/mol. The number of nitrogens with one attached hydrogen (secondary N) is 1. The van der Waals surface area contributed by atoms with Crippen LogP contribution in [-0.4, -0.2) is 16.0 Å². The Kier molecular flexibility index (Phi) is 3.39. The molecule has 0 aliphatic carbocycles. The molecule has 5 rings (SSSR count). The van der Waals surface area contributed by atoms with Crippen molar-refractivity contribution in [3.05, 3.63) is 90.5 Å². The van der Waals surface area contributed by atoms with Crippen molar-refractivity contribution in [1.29, 1.82) is 0 Å². The summed E-state index contributed by atoms with van der Waals surface area (Å²) < 4.78 is 1.95. The van der Waals surface area contributed by atoms with Gasteiger partial charge >= 0.3 is 0 Å². The lowest BCUT2D eigenvalue weighted by atomic mass is 10.1. The Morgan fingerprint density at radius 3 is 2.23 bits per heavy atom. The van der Waals surface area contributed by atoms with Gasteiger partial charge in [-0.25, -0.2) is 4.68 Å². The van der Waals surface area contributed by atoms with E-state index in [9.17, 15) is 0 Å². The molecule has 0 atom stereocenters. The van der Waals surface area contributed by atoms with Crippen molar-refractivity contribution < 1.29 is 0 Å². The lowest BCUT2D eigenvalue weighted by Crippen LogP contribution is -2.03. The minimum Gasteiger partial charge on any atom is -0.338 e. The molecule has 0 fully saturated rings. The molecule has 0 spiro atoms. The second kappa shape index (κ2) is 6.01. The molecule has 1 aliphatic rings. The SMILES string of the molecule is C1=Nc2ccccc2Nc2c1c(-c1ccccc1)nn2-c1ccccc1. The molecule has 1 aromatic heterocycles. The van der Waals surface area contributed by atoms with E-state index >= 15 is 0 Å². The smallest absolute Gasteiger partial charge is 0.143 e. The van der Waals surface area contributed by atoms with Crippen molar-refractivity contribution in [2.45, 2.75) is 0 Å². The molecule has 0 saturated heterocycles. The average Bonchev–Trinajstić information content (AvgIpc) is 2.95. The van der Waals surface area contributed by atoms with E-state index in [2.05, 4.69) is 34.6 Å². The summed E-state index contributed by atoms with van der Waals surface area (Å²) in [5.41, 5.74) is 5.86. The van der Waals surface area contributed by atoms with Crippen molar-refractivity contribution >= 4 is 23.4 Å². The number of hydrogen-bond acceptors (Lipinski definition) is 3. The number of fused-ring (bicyclic) bond motifs is 2. The predicted molar refractivity (Wildman–Crippen MR) is 106 cm³/mol. The number of hydrogen-bond donors (Lipinski definition) is 1. The molecule has 124 valence electrons. The molecule has 2 heterocycles. The number of aromatic nitrogens is 2. The maximum absolute atomic E-state index is 4.91. The summed E-state index contributed by atoms with van der Waals surface area (Å²) in [5.74, 6) is 0.920. The summed E-state index contributed by atoms with van der Waals surface area (Å²) in [6.45, 7) is 0. The minimum absolute atomic E-state index is 0.911. The standard InChI is InChI=1S/C22H16N4/c1-3-9-16(10-4-1)21-18-15-23-19-13-7-8-14-20(19)24-22(18)26(25-21)17-11-5-2-6-12-17/h1-15,24H. The Labute approximate surface area is 151 Å². The van der Waals surface area contributed by atoms with Crippen LogP contribution in [0.3, 0.4) is 0 Å². The van der Waals surface area contributed by atoms with E-state index in [4.69, 9.17) is 5.10 Å². The van der Waals surface area contributed by atoms with Gasteiger partial charge in [0.1, 0.15) is 11.5 Å². The fourth-order valence-electron chi connectivity index (χ4n) is 3.19. The maximum Gasteiger partial charge on any atom is 0.143 e. The molecular formula is C22H16N4. The lowest BCUT2D eigenvalue weighted by molar-refractivity contribution is 0.892. The van der Waals surface area contributed by atoms with Gasteiger partial charge in [0.25, 0.3) is 0 Å². The van der Waals surface area contributed by atoms with Crippen molar-refractivity contribution in [3.63, 3.8) is 0 Å². The van der Waals surface area contributed by atoms with E-state index in [1.807, 2.05) is 71.6 Å². The molecule has 26 heavy (non-hydrogen) atoms. The van der Waals surface area contributed by atoms with Crippen LogP contribution in [0.15, 0.2) is 89.9 Å². The third kappa shape index (κ3) is 2.40. The topological polar surface area (TPSA) is 42.2 Å². The van der Waals surface area contributed by atoms with Crippen LogP contribution < -0.4 is 5.32 Å². The average molecular weight is 336 g/mol. The fourth-order valence-corrected chi connectivity index (χ4v) is 3.19. The highest BCUT2D eigenvalue weighted by molar-refractivity contribution is 6.00. The van der Waals surface area contributed by atoms with E-state index in [0.717, 1.165) is 39.7 Å². The Hall–Kier alpha value is -3.66.